The van der Waals surface area contributed by atoms with E-state index in [1.807, 2.05) is 20.8 Å². The third kappa shape index (κ3) is 20.6. The van der Waals surface area contributed by atoms with Crippen LogP contribution in [0.25, 0.3) is 0 Å². The van der Waals surface area contributed by atoms with Gasteiger partial charge in [0.15, 0.2) is 0 Å². The number of hydrogen-bond acceptors (Lipinski definition) is 7. The minimum Gasteiger partial charge on any atom is -0.392 e. The van der Waals surface area contributed by atoms with Crippen LogP contribution in [-0.2, 0) is 30.6 Å². The summed E-state index contributed by atoms with van der Waals surface area (Å²) < 4.78 is 0. The van der Waals surface area contributed by atoms with Crippen LogP contribution in [0, 0.1) is 5.92 Å². The van der Waals surface area contributed by atoms with Crippen LogP contribution in [0.2, 0.25) is 0 Å². The SMILES string of the molecule is CC.CCC.CCCCCCN1C(=O)CC(C)C1=O.NC(=O)NCCCC(NC(=O)CNC=O)C(=O)Nc1ccc(CO)cc1. The minimum atomic E-state index is -0.858. The number of hydrogen-bond donors (Lipinski definition) is 6. The first-order valence-corrected chi connectivity index (χ1v) is 15.9. The summed E-state index contributed by atoms with van der Waals surface area (Å²) in [7, 11) is 0. The maximum atomic E-state index is 12.4. The van der Waals surface area contributed by atoms with Crippen molar-refractivity contribution in [1.29, 1.82) is 0 Å². The molecule has 2 unspecified atom stereocenters. The number of aliphatic hydroxyl groups is 1. The molecule has 1 aromatic carbocycles. The number of unbranched alkanes of at least 4 members (excludes halogenated alkanes) is 3. The van der Waals surface area contributed by atoms with Crippen molar-refractivity contribution < 1.29 is 33.9 Å². The van der Waals surface area contributed by atoms with Crippen molar-refractivity contribution in [2.75, 3.05) is 25.0 Å². The van der Waals surface area contributed by atoms with Crippen molar-refractivity contribution in [3.05, 3.63) is 29.8 Å². The molecule has 1 fully saturated rings. The number of amides is 7. The first-order valence-electron chi connectivity index (χ1n) is 15.9. The lowest BCUT2D eigenvalue weighted by Gasteiger charge is -2.18. The summed E-state index contributed by atoms with van der Waals surface area (Å²) in [5.74, 6) is -1.02. The second-order valence-electron chi connectivity index (χ2n) is 10.2. The van der Waals surface area contributed by atoms with Crippen molar-refractivity contribution in [1.82, 2.24) is 20.9 Å². The molecule has 13 heteroatoms. The summed E-state index contributed by atoms with van der Waals surface area (Å²) in [5.41, 5.74) is 6.18. The predicted octanol–water partition coefficient (Wildman–Crippen LogP) is 3.20. The van der Waals surface area contributed by atoms with Crippen LogP contribution in [0.1, 0.15) is 98.5 Å². The Morgan fingerprint density at radius 3 is 2.16 bits per heavy atom. The molecule has 1 saturated heterocycles. The largest absolute Gasteiger partial charge is 0.392 e. The van der Waals surface area contributed by atoms with Gasteiger partial charge in [-0.3, -0.25) is 28.9 Å². The number of carbonyl (C=O) groups is 6. The zero-order valence-electron chi connectivity index (χ0n) is 27.9. The predicted molar refractivity (Wildman–Crippen MR) is 176 cm³/mol. The topological polar surface area (TPSA) is 200 Å². The molecule has 7 N–H and O–H groups in total. The summed E-state index contributed by atoms with van der Waals surface area (Å²) in [6.07, 6.45) is 7.14. The summed E-state index contributed by atoms with van der Waals surface area (Å²) in [6.45, 7) is 12.7. The van der Waals surface area contributed by atoms with Crippen LogP contribution in [-0.4, -0.2) is 71.8 Å². The molecule has 2 atom stereocenters. The number of likely N-dealkylation sites (tertiary alicyclic amines) is 1. The maximum Gasteiger partial charge on any atom is 0.312 e. The van der Waals surface area contributed by atoms with Crippen molar-refractivity contribution in [3.63, 3.8) is 0 Å². The monoisotopic (exact) mass is 636 g/mol. The van der Waals surface area contributed by atoms with Gasteiger partial charge in [0.05, 0.1) is 13.2 Å². The summed E-state index contributed by atoms with van der Waals surface area (Å²) >= 11 is 0. The number of aliphatic hydroxyl groups excluding tert-OH is 1. The van der Waals surface area contributed by atoms with E-state index >= 15 is 0 Å². The zero-order valence-corrected chi connectivity index (χ0v) is 27.9. The van der Waals surface area contributed by atoms with Crippen molar-refractivity contribution in [2.24, 2.45) is 11.7 Å². The van der Waals surface area contributed by atoms with E-state index in [0.717, 1.165) is 12.8 Å². The normalized spacial score (nSPS) is 13.8. The Hall–Kier alpha value is -4.00. The second-order valence-corrected chi connectivity index (χ2v) is 10.2. The minimum absolute atomic E-state index is 0.0130. The molecule has 0 aliphatic carbocycles. The maximum absolute atomic E-state index is 12.4. The highest BCUT2D eigenvalue weighted by Crippen LogP contribution is 2.19. The Balaban J connectivity index is 0. The Bertz CT molecular complexity index is 1000. The Labute approximate surface area is 268 Å². The fraction of sp³-hybridized carbons (Fsp3) is 0.625. The lowest BCUT2D eigenvalue weighted by molar-refractivity contribution is -0.139. The van der Waals surface area contributed by atoms with Gasteiger partial charge in [-0.25, -0.2) is 4.79 Å². The van der Waals surface area contributed by atoms with Crippen LogP contribution < -0.4 is 27.0 Å². The third-order valence-electron chi connectivity index (χ3n) is 6.08. The van der Waals surface area contributed by atoms with Crippen LogP contribution in [0.3, 0.4) is 0 Å². The van der Waals surface area contributed by atoms with Crippen LogP contribution in [0.5, 0.6) is 0 Å². The van der Waals surface area contributed by atoms with Gasteiger partial charge in [-0.2, -0.15) is 0 Å². The number of primary amides is 1. The van der Waals surface area contributed by atoms with Gasteiger partial charge < -0.3 is 32.1 Å². The second kappa shape index (κ2) is 27.5. The highest BCUT2D eigenvalue weighted by atomic mass is 16.3. The molecule has 1 aromatic rings. The van der Waals surface area contributed by atoms with Gasteiger partial charge in [0.2, 0.25) is 30.0 Å². The average molecular weight is 637 g/mol. The quantitative estimate of drug-likeness (QED) is 0.0909. The third-order valence-corrected chi connectivity index (χ3v) is 6.08. The Kier molecular flexibility index (Phi) is 26.4. The van der Waals surface area contributed by atoms with Crippen molar-refractivity contribution in [3.8, 4) is 0 Å². The van der Waals surface area contributed by atoms with E-state index in [2.05, 4.69) is 42.0 Å². The summed E-state index contributed by atoms with van der Waals surface area (Å²) in [5, 5.41) is 18.8. The number of benzene rings is 1. The lowest BCUT2D eigenvalue weighted by atomic mass is 10.1. The van der Waals surface area contributed by atoms with Gasteiger partial charge in [-0.05, 0) is 37.0 Å². The molecular weight excluding hydrogens is 580 g/mol. The molecule has 0 saturated carbocycles. The molecule has 0 spiro atoms. The molecule has 1 aliphatic heterocycles. The van der Waals surface area contributed by atoms with E-state index < -0.39 is 23.9 Å². The van der Waals surface area contributed by atoms with E-state index in [1.165, 1.54) is 24.2 Å². The smallest absolute Gasteiger partial charge is 0.312 e. The molecule has 0 bridgehead atoms. The molecular formula is C32H56N6O7. The number of nitrogens with zero attached hydrogens (tertiary/aromatic N) is 1. The summed E-state index contributed by atoms with van der Waals surface area (Å²) in [6, 6.07) is 5.05. The number of carbonyl (C=O) groups excluding carboxylic acids is 6. The van der Waals surface area contributed by atoms with Crippen LogP contribution in [0.4, 0.5) is 10.5 Å². The molecule has 1 heterocycles. The number of urea groups is 1. The van der Waals surface area contributed by atoms with Gasteiger partial charge in [-0.1, -0.05) is 79.4 Å². The molecule has 2 rings (SSSR count). The number of imide groups is 1. The van der Waals surface area contributed by atoms with E-state index in [1.54, 1.807) is 24.3 Å². The fourth-order valence-electron chi connectivity index (χ4n) is 3.87. The first kappa shape index (κ1) is 43.1. The van der Waals surface area contributed by atoms with E-state index in [4.69, 9.17) is 10.8 Å². The molecule has 0 radical (unpaired) electrons. The fourth-order valence-corrected chi connectivity index (χ4v) is 3.87. The number of nitrogens with two attached hydrogens (primary N) is 1. The van der Waals surface area contributed by atoms with Crippen LogP contribution in [0.15, 0.2) is 24.3 Å². The van der Waals surface area contributed by atoms with E-state index in [0.29, 0.717) is 37.0 Å². The van der Waals surface area contributed by atoms with Crippen molar-refractivity contribution >= 4 is 41.8 Å². The Morgan fingerprint density at radius 2 is 1.67 bits per heavy atom. The molecule has 256 valence electrons. The van der Waals surface area contributed by atoms with Gasteiger partial charge in [0.1, 0.15) is 6.04 Å². The standard InChI is InChI=1S/C16H23N5O5.C11H19NO2.C3H8.C2H6/c17-16(26)19-7-1-2-13(21-14(24)8-18-10-23)15(25)20-12-5-3-11(9-22)4-6-12;1-3-4-5-6-7-12-10(13)8-9(2)11(12)14;1-3-2;1-2/h3-6,10,13,22H,1-2,7-9H2,(H,18,23)(H,20,25)(H,21,24)(H3,17,19,26);9H,3-8H2,1-2H3;3H2,1-2H3;1-2H3. The molecule has 0 aromatic heterocycles. The highest BCUT2D eigenvalue weighted by Gasteiger charge is 2.34. The number of rotatable bonds is 16. The van der Waals surface area contributed by atoms with Gasteiger partial charge >= 0.3 is 6.03 Å². The van der Waals surface area contributed by atoms with Crippen LogP contribution >= 0.6 is 0 Å². The molecule has 1 aliphatic rings. The number of nitrogens with one attached hydrogen (secondary N) is 4. The first-order chi connectivity index (χ1) is 21.5. The Morgan fingerprint density at radius 1 is 1.04 bits per heavy atom. The highest BCUT2D eigenvalue weighted by molar-refractivity contribution is 6.03. The van der Waals surface area contributed by atoms with Gasteiger partial charge in [0, 0.05) is 31.1 Å². The van der Waals surface area contributed by atoms with Gasteiger partial charge in [0.25, 0.3) is 0 Å². The van der Waals surface area contributed by atoms with E-state index in [9.17, 15) is 28.8 Å². The molecule has 45 heavy (non-hydrogen) atoms. The molecule has 13 nitrogen and oxygen atoms in total. The average Bonchev–Trinajstić information content (AvgIpc) is 3.27. The number of anilines is 1. The zero-order chi connectivity index (χ0) is 34.6. The van der Waals surface area contributed by atoms with Gasteiger partial charge in [-0.15, -0.1) is 0 Å². The van der Waals surface area contributed by atoms with Crippen molar-refractivity contribution in [2.45, 2.75) is 106 Å². The van der Waals surface area contributed by atoms with E-state index in [-0.39, 0.29) is 43.8 Å². The summed E-state index contributed by atoms with van der Waals surface area (Å²) in [4.78, 5) is 69.4. The lowest BCUT2D eigenvalue weighted by Crippen LogP contribution is -2.47. The molecule has 7 amide bonds.